The molecule has 0 saturated carbocycles. The fourth-order valence-corrected chi connectivity index (χ4v) is 3.37. The molecule has 1 heterocycles. The maximum absolute atomic E-state index is 12.4. The zero-order chi connectivity index (χ0) is 19.4. The summed E-state index contributed by atoms with van der Waals surface area (Å²) in [6.45, 7) is 4.41. The first kappa shape index (κ1) is 19.0. The Kier molecular flexibility index (Phi) is 5.86. The second kappa shape index (κ2) is 8.31. The number of ether oxygens (including phenoxy) is 1. The van der Waals surface area contributed by atoms with Crippen LogP contribution in [-0.4, -0.2) is 50.0 Å². The van der Waals surface area contributed by atoms with Crippen molar-refractivity contribution in [1.29, 1.82) is 0 Å². The maximum Gasteiger partial charge on any atom is 0.255 e. The summed E-state index contributed by atoms with van der Waals surface area (Å²) in [6, 6.07) is 12.4. The van der Waals surface area contributed by atoms with Crippen LogP contribution >= 0.6 is 11.6 Å². The van der Waals surface area contributed by atoms with Gasteiger partial charge < -0.3 is 19.9 Å². The fraction of sp³-hybridized carbons (Fsp3) is 0.300. The van der Waals surface area contributed by atoms with Gasteiger partial charge in [0.25, 0.3) is 5.91 Å². The number of amides is 2. The minimum Gasteiger partial charge on any atom is -0.497 e. The molecule has 6 nitrogen and oxygen atoms in total. The normalized spacial score (nSPS) is 14.0. The lowest BCUT2D eigenvalue weighted by Crippen LogP contribution is -2.48. The van der Waals surface area contributed by atoms with Crippen LogP contribution in [0.5, 0.6) is 5.75 Å². The summed E-state index contributed by atoms with van der Waals surface area (Å²) in [5.41, 5.74) is 2.04. The molecular formula is C20H22ClN3O3. The van der Waals surface area contributed by atoms with Gasteiger partial charge in [-0.05, 0) is 36.4 Å². The number of carbonyl (C=O) groups is 2. The van der Waals surface area contributed by atoms with Crippen LogP contribution in [-0.2, 0) is 4.79 Å². The van der Waals surface area contributed by atoms with E-state index in [-0.39, 0.29) is 11.8 Å². The fourth-order valence-electron chi connectivity index (χ4n) is 3.07. The van der Waals surface area contributed by atoms with E-state index in [4.69, 9.17) is 16.3 Å². The van der Waals surface area contributed by atoms with Crippen LogP contribution in [0.1, 0.15) is 17.3 Å². The van der Waals surface area contributed by atoms with E-state index in [1.165, 1.54) is 0 Å². The van der Waals surface area contributed by atoms with E-state index in [9.17, 15) is 9.59 Å². The number of nitrogens with zero attached hydrogens (tertiary/aromatic N) is 2. The van der Waals surface area contributed by atoms with Crippen molar-refractivity contribution < 1.29 is 14.3 Å². The van der Waals surface area contributed by atoms with Crippen molar-refractivity contribution in [3.8, 4) is 5.75 Å². The quantitative estimate of drug-likeness (QED) is 0.874. The van der Waals surface area contributed by atoms with Crippen LogP contribution in [0.2, 0.25) is 5.02 Å². The molecule has 1 fully saturated rings. The van der Waals surface area contributed by atoms with Gasteiger partial charge in [0.05, 0.1) is 17.8 Å². The molecule has 1 aliphatic rings. The Morgan fingerprint density at radius 2 is 1.81 bits per heavy atom. The standard InChI is InChI=1S/C20H22ClN3O3/c1-14(25)23-8-10-24(11-9-23)19-7-6-16(13-18(19)21)22-20(26)15-4-3-5-17(12-15)27-2/h3-7,12-13H,8-11H2,1-2H3,(H,22,26). The van der Waals surface area contributed by atoms with Gasteiger partial charge in [0.1, 0.15) is 5.75 Å². The molecule has 0 bridgehead atoms. The van der Waals surface area contributed by atoms with Gasteiger partial charge in [-0.1, -0.05) is 17.7 Å². The van der Waals surface area contributed by atoms with E-state index in [0.29, 0.717) is 35.1 Å². The predicted octanol–water partition coefficient (Wildman–Crippen LogP) is 3.27. The molecule has 3 rings (SSSR count). The number of benzene rings is 2. The highest BCUT2D eigenvalue weighted by Crippen LogP contribution is 2.30. The van der Waals surface area contributed by atoms with Gasteiger partial charge in [-0.3, -0.25) is 9.59 Å². The van der Waals surface area contributed by atoms with Gasteiger partial charge in [-0.25, -0.2) is 0 Å². The molecule has 0 radical (unpaired) electrons. The summed E-state index contributed by atoms with van der Waals surface area (Å²) >= 11 is 6.45. The summed E-state index contributed by atoms with van der Waals surface area (Å²) in [4.78, 5) is 27.8. The van der Waals surface area contributed by atoms with E-state index in [1.807, 2.05) is 17.0 Å². The summed E-state index contributed by atoms with van der Waals surface area (Å²) in [6.07, 6.45) is 0. The molecule has 2 aromatic carbocycles. The zero-order valence-corrected chi connectivity index (χ0v) is 16.1. The molecule has 0 aromatic heterocycles. The van der Waals surface area contributed by atoms with Crippen LogP contribution < -0.4 is 15.0 Å². The van der Waals surface area contributed by atoms with Crippen molar-refractivity contribution in [2.75, 3.05) is 43.5 Å². The molecule has 27 heavy (non-hydrogen) atoms. The average Bonchev–Trinajstić information content (AvgIpc) is 2.68. The van der Waals surface area contributed by atoms with E-state index in [0.717, 1.165) is 18.8 Å². The third-order valence-corrected chi connectivity index (χ3v) is 4.91. The maximum atomic E-state index is 12.4. The summed E-state index contributed by atoms with van der Waals surface area (Å²) in [5, 5.41) is 3.42. The van der Waals surface area contributed by atoms with Crippen LogP contribution in [0.15, 0.2) is 42.5 Å². The predicted molar refractivity (Wildman–Crippen MR) is 107 cm³/mol. The SMILES string of the molecule is COc1cccc(C(=O)Nc2ccc(N3CCN(C(C)=O)CC3)c(Cl)c2)c1. The molecule has 142 valence electrons. The first-order chi connectivity index (χ1) is 13.0. The molecule has 1 aliphatic heterocycles. The Morgan fingerprint density at radius 1 is 1.07 bits per heavy atom. The Balaban J connectivity index is 1.68. The van der Waals surface area contributed by atoms with Crippen molar-refractivity contribution in [3.05, 3.63) is 53.1 Å². The van der Waals surface area contributed by atoms with Crippen LogP contribution in [0.3, 0.4) is 0 Å². The zero-order valence-electron chi connectivity index (χ0n) is 15.4. The highest BCUT2D eigenvalue weighted by atomic mass is 35.5. The molecule has 0 atom stereocenters. The molecule has 0 unspecified atom stereocenters. The Bertz CT molecular complexity index is 848. The molecule has 1 N–H and O–H groups in total. The highest BCUT2D eigenvalue weighted by Gasteiger charge is 2.20. The monoisotopic (exact) mass is 387 g/mol. The number of hydrogen-bond acceptors (Lipinski definition) is 4. The van der Waals surface area contributed by atoms with Gasteiger partial charge in [-0.2, -0.15) is 0 Å². The van der Waals surface area contributed by atoms with E-state index >= 15 is 0 Å². The van der Waals surface area contributed by atoms with E-state index < -0.39 is 0 Å². The average molecular weight is 388 g/mol. The number of methoxy groups -OCH3 is 1. The minimum absolute atomic E-state index is 0.0938. The van der Waals surface area contributed by atoms with Crippen molar-refractivity contribution in [1.82, 2.24) is 4.90 Å². The number of carbonyl (C=O) groups excluding carboxylic acids is 2. The molecule has 0 spiro atoms. The van der Waals surface area contributed by atoms with Gasteiger partial charge in [0.15, 0.2) is 0 Å². The topological polar surface area (TPSA) is 61.9 Å². The smallest absolute Gasteiger partial charge is 0.255 e. The Labute approximate surface area is 163 Å². The number of nitrogens with one attached hydrogen (secondary N) is 1. The van der Waals surface area contributed by atoms with Crippen molar-refractivity contribution in [3.63, 3.8) is 0 Å². The van der Waals surface area contributed by atoms with Crippen LogP contribution in [0.4, 0.5) is 11.4 Å². The number of rotatable bonds is 4. The molecule has 7 heteroatoms. The molecule has 2 aromatic rings. The van der Waals surface area contributed by atoms with Crippen molar-refractivity contribution in [2.24, 2.45) is 0 Å². The van der Waals surface area contributed by atoms with E-state index in [1.54, 1.807) is 44.4 Å². The van der Waals surface area contributed by atoms with Crippen LogP contribution in [0.25, 0.3) is 0 Å². The second-order valence-electron chi connectivity index (χ2n) is 6.35. The first-order valence-electron chi connectivity index (χ1n) is 8.73. The van der Waals surface area contributed by atoms with Gasteiger partial charge in [-0.15, -0.1) is 0 Å². The molecular weight excluding hydrogens is 366 g/mol. The highest BCUT2D eigenvalue weighted by molar-refractivity contribution is 6.33. The number of piperazine rings is 1. The minimum atomic E-state index is -0.229. The molecule has 0 aliphatic carbocycles. The van der Waals surface area contributed by atoms with Gasteiger partial charge in [0.2, 0.25) is 5.91 Å². The lowest BCUT2D eigenvalue weighted by molar-refractivity contribution is -0.129. The van der Waals surface area contributed by atoms with Crippen LogP contribution in [0, 0.1) is 0 Å². The summed E-state index contributed by atoms with van der Waals surface area (Å²) < 4.78 is 5.15. The number of halogens is 1. The molecule has 2 amide bonds. The van der Waals surface area contributed by atoms with Gasteiger partial charge in [0, 0.05) is 44.4 Å². The van der Waals surface area contributed by atoms with Crippen molar-refractivity contribution in [2.45, 2.75) is 6.92 Å². The Morgan fingerprint density at radius 3 is 2.44 bits per heavy atom. The summed E-state index contributed by atoms with van der Waals surface area (Å²) in [7, 11) is 1.56. The number of hydrogen-bond donors (Lipinski definition) is 1. The second-order valence-corrected chi connectivity index (χ2v) is 6.75. The van der Waals surface area contributed by atoms with E-state index in [2.05, 4.69) is 10.2 Å². The van der Waals surface area contributed by atoms with Gasteiger partial charge >= 0.3 is 0 Å². The Hall–Kier alpha value is -2.73. The molecule has 1 saturated heterocycles. The first-order valence-corrected chi connectivity index (χ1v) is 9.11. The third-order valence-electron chi connectivity index (χ3n) is 4.60. The third kappa shape index (κ3) is 4.52. The lowest BCUT2D eigenvalue weighted by Gasteiger charge is -2.36. The largest absolute Gasteiger partial charge is 0.497 e. The number of anilines is 2. The lowest BCUT2D eigenvalue weighted by atomic mass is 10.2. The summed E-state index contributed by atoms with van der Waals surface area (Å²) in [5.74, 6) is 0.491. The van der Waals surface area contributed by atoms with Crippen molar-refractivity contribution >= 4 is 34.8 Å².